The monoisotopic (exact) mass is 981 g/mol. The van der Waals surface area contributed by atoms with Crippen LogP contribution in [0.5, 0.6) is 0 Å². The van der Waals surface area contributed by atoms with Gasteiger partial charge in [-0.15, -0.1) is 0 Å². The Balaban J connectivity index is 2.46. The van der Waals surface area contributed by atoms with Gasteiger partial charge < -0.3 is 35.1 Å². The van der Waals surface area contributed by atoms with Crippen molar-refractivity contribution in [2.45, 2.75) is 177 Å². The normalized spacial score (nSPS) is 15.4. The molecule has 1 aliphatic heterocycles. The van der Waals surface area contributed by atoms with E-state index in [2.05, 4.69) is 16.0 Å². The van der Waals surface area contributed by atoms with Crippen LogP contribution in [0.3, 0.4) is 0 Å². The largest absolute Gasteiger partial charge is 0.458 e. The minimum absolute atomic E-state index is 0.0132. The maximum absolute atomic E-state index is 14.9. The quantitative estimate of drug-likeness (QED) is 0.0651. The van der Waals surface area contributed by atoms with E-state index in [4.69, 9.17) is 14.2 Å². The molecule has 1 aromatic rings. The second kappa shape index (κ2) is 23.7. The molecule has 0 bridgehead atoms. The van der Waals surface area contributed by atoms with Crippen LogP contribution in [0.15, 0.2) is 48.1 Å². The molecular weight excluding hydrogens is 901 g/mol. The highest BCUT2D eigenvalue weighted by Crippen LogP contribution is 2.33. The van der Waals surface area contributed by atoms with Crippen LogP contribution in [0.25, 0.3) is 0 Å². The Hall–Kier alpha value is -6.07. The number of carbonyl (C=O) groups is 9. The Morgan fingerprint density at radius 3 is 1.70 bits per heavy atom. The number of ether oxygens (including phenoxy) is 3. The number of hydrogen-bond donors (Lipinski definition) is 3. The summed E-state index contributed by atoms with van der Waals surface area (Å²) in [5.41, 5.74) is -3.52. The van der Waals surface area contributed by atoms with Gasteiger partial charge in [0.15, 0.2) is 0 Å². The summed E-state index contributed by atoms with van der Waals surface area (Å²) in [6.45, 7) is 29.5. The molecule has 3 N–H and O–H groups in total. The third kappa shape index (κ3) is 18.0. The number of nitrogens with one attached hydrogen (secondary N) is 3. The zero-order chi connectivity index (χ0) is 54.1. The topological polar surface area (TPSA) is 227 Å². The van der Waals surface area contributed by atoms with Crippen molar-refractivity contribution in [2.75, 3.05) is 27.2 Å². The molecule has 0 fully saturated rings. The Bertz CT molecular complexity index is 2150. The van der Waals surface area contributed by atoms with Gasteiger partial charge in [-0.25, -0.2) is 14.4 Å². The lowest BCUT2D eigenvalue weighted by Crippen LogP contribution is -2.63. The summed E-state index contributed by atoms with van der Waals surface area (Å²) in [5.74, 6) is -4.81. The molecule has 18 nitrogen and oxygen atoms in total. The van der Waals surface area contributed by atoms with E-state index in [1.165, 1.54) is 23.8 Å². The maximum atomic E-state index is 14.9. The summed E-state index contributed by atoms with van der Waals surface area (Å²) in [6.07, 6.45) is 2.76. The number of hydrogen-bond acceptors (Lipinski definition) is 12. The van der Waals surface area contributed by atoms with Gasteiger partial charge >= 0.3 is 18.0 Å². The second-order valence-electron chi connectivity index (χ2n) is 22.7. The summed E-state index contributed by atoms with van der Waals surface area (Å²) in [5, 5.41) is 8.29. The van der Waals surface area contributed by atoms with Crippen LogP contribution in [0.2, 0.25) is 0 Å². The number of likely N-dealkylation sites (N-methyl/N-ethyl adjacent to an activating group) is 2. The third-order valence-corrected chi connectivity index (χ3v) is 11.1. The SMILES string of the molecule is C/C(=C\[C@H](C(C)C)N(C)C(=O)[C@@H](NC(=O)[C@@H](N(C)C(=O)OC(C)(C)C)C(C)(C)c1ccc(C(=O)OC(C)(C)C)cc1)C(C)(C)C)C(=O)N[C@H](CCC(=O)NCCN1C(=O)C=CC1=O)C(=O)OC(C)(C)C. The first-order valence-corrected chi connectivity index (χ1v) is 23.7. The van der Waals surface area contributed by atoms with Gasteiger partial charge in [0.05, 0.1) is 11.6 Å². The molecule has 2 rings (SSSR count). The van der Waals surface area contributed by atoms with Crippen LogP contribution in [0.4, 0.5) is 4.79 Å². The van der Waals surface area contributed by atoms with Crippen molar-refractivity contribution in [2.24, 2.45) is 11.3 Å². The van der Waals surface area contributed by atoms with Crippen LogP contribution in [0.1, 0.15) is 146 Å². The highest BCUT2D eigenvalue weighted by Gasteiger charge is 2.46. The molecule has 0 saturated heterocycles. The number of carbonyl (C=O) groups excluding carboxylic acids is 9. The minimum Gasteiger partial charge on any atom is -0.458 e. The highest BCUT2D eigenvalue weighted by molar-refractivity contribution is 6.12. The molecule has 0 spiro atoms. The van der Waals surface area contributed by atoms with E-state index >= 15 is 0 Å². The first-order chi connectivity index (χ1) is 31.8. The Morgan fingerprint density at radius 2 is 1.23 bits per heavy atom. The van der Waals surface area contributed by atoms with E-state index in [0.29, 0.717) is 11.1 Å². The highest BCUT2D eigenvalue weighted by atomic mass is 16.6. The average Bonchev–Trinajstić information content (AvgIpc) is 3.52. The Labute approximate surface area is 415 Å². The van der Waals surface area contributed by atoms with E-state index in [9.17, 15) is 43.2 Å². The lowest BCUT2D eigenvalue weighted by atomic mass is 9.76. The van der Waals surface area contributed by atoms with Gasteiger partial charge in [0.2, 0.25) is 23.6 Å². The molecule has 0 unspecified atom stereocenters. The predicted octanol–water partition coefficient (Wildman–Crippen LogP) is 5.76. The van der Waals surface area contributed by atoms with Gasteiger partial charge in [0.1, 0.15) is 34.9 Å². The van der Waals surface area contributed by atoms with E-state index in [0.717, 1.165) is 17.1 Å². The summed E-state index contributed by atoms with van der Waals surface area (Å²) in [4.78, 5) is 124. The van der Waals surface area contributed by atoms with Crippen molar-refractivity contribution in [3.05, 3.63) is 59.2 Å². The lowest BCUT2D eigenvalue weighted by molar-refractivity contribution is -0.158. The molecule has 390 valence electrons. The summed E-state index contributed by atoms with van der Waals surface area (Å²) in [7, 11) is 3.02. The average molecular weight is 981 g/mol. The van der Waals surface area contributed by atoms with E-state index in [1.54, 1.807) is 134 Å². The molecule has 0 saturated carbocycles. The van der Waals surface area contributed by atoms with Crippen LogP contribution >= 0.6 is 0 Å². The molecule has 1 heterocycles. The molecule has 7 amide bonds. The van der Waals surface area contributed by atoms with Crippen LogP contribution in [-0.4, -0.2) is 136 Å². The number of imide groups is 1. The fraction of sp³-hybridized carbons (Fsp3) is 0.635. The van der Waals surface area contributed by atoms with E-state index in [-0.39, 0.29) is 37.4 Å². The van der Waals surface area contributed by atoms with Gasteiger partial charge in [-0.3, -0.25) is 38.6 Å². The van der Waals surface area contributed by atoms with Crippen LogP contribution in [-0.2, 0) is 53.2 Å². The van der Waals surface area contributed by atoms with Gasteiger partial charge in [0.25, 0.3) is 11.8 Å². The van der Waals surface area contributed by atoms with Gasteiger partial charge in [-0.2, -0.15) is 0 Å². The smallest absolute Gasteiger partial charge is 0.410 e. The fourth-order valence-electron chi connectivity index (χ4n) is 7.48. The van der Waals surface area contributed by atoms with Crippen LogP contribution in [0, 0.1) is 11.3 Å². The van der Waals surface area contributed by atoms with Crippen LogP contribution < -0.4 is 16.0 Å². The van der Waals surface area contributed by atoms with Crippen molar-refractivity contribution < 1.29 is 57.4 Å². The number of esters is 2. The fourth-order valence-corrected chi connectivity index (χ4v) is 7.48. The Morgan fingerprint density at radius 1 is 0.714 bits per heavy atom. The summed E-state index contributed by atoms with van der Waals surface area (Å²) in [6, 6.07) is 2.20. The molecule has 4 atom stereocenters. The predicted molar refractivity (Wildman–Crippen MR) is 265 cm³/mol. The zero-order valence-electron chi connectivity index (χ0n) is 45.0. The number of benzene rings is 1. The number of rotatable bonds is 19. The number of amides is 7. The van der Waals surface area contributed by atoms with Crippen molar-refractivity contribution >= 4 is 53.5 Å². The molecule has 0 aliphatic carbocycles. The summed E-state index contributed by atoms with van der Waals surface area (Å²) < 4.78 is 16.8. The first kappa shape index (κ1) is 60.1. The third-order valence-electron chi connectivity index (χ3n) is 11.1. The molecule has 70 heavy (non-hydrogen) atoms. The van der Waals surface area contributed by atoms with Gasteiger partial charge in [-0.05, 0) is 105 Å². The molecule has 1 aliphatic rings. The maximum Gasteiger partial charge on any atom is 0.410 e. The molecule has 0 aromatic heterocycles. The van der Waals surface area contributed by atoms with Crippen molar-refractivity contribution in [3.63, 3.8) is 0 Å². The molecule has 1 aromatic carbocycles. The molecule has 0 radical (unpaired) electrons. The lowest BCUT2D eigenvalue weighted by Gasteiger charge is -2.42. The van der Waals surface area contributed by atoms with E-state index in [1.807, 2.05) is 13.8 Å². The minimum atomic E-state index is -1.25. The number of nitrogens with zero attached hydrogens (tertiary/aromatic N) is 3. The Kier molecular flexibility index (Phi) is 20.3. The van der Waals surface area contributed by atoms with Crippen molar-refractivity contribution in [1.82, 2.24) is 30.7 Å². The van der Waals surface area contributed by atoms with Gasteiger partial charge in [-0.1, -0.05) is 66.7 Å². The van der Waals surface area contributed by atoms with Crippen molar-refractivity contribution in [1.29, 1.82) is 0 Å². The second-order valence-corrected chi connectivity index (χ2v) is 22.7. The molecular formula is C52H80N6O12. The first-order valence-electron chi connectivity index (χ1n) is 23.7. The van der Waals surface area contributed by atoms with Gasteiger partial charge in [0, 0.05) is 56.7 Å². The zero-order valence-corrected chi connectivity index (χ0v) is 45.0. The van der Waals surface area contributed by atoms with E-state index < -0.39 is 105 Å². The standard InChI is InChI=1S/C52H80N6O12/c1-31(2)36(30-32(3)42(62)54-35(46(66)69-50(10,11)12)24-25-37(59)53-28-29-58-38(60)26-27-39(58)61)56(18)44(64)40(48(4,5)6)55-43(63)41(57(19)47(67)70-51(13,14)15)52(16,17)34-22-20-33(21-23-34)45(65)68-49(7,8)9/h20-23,26-27,30-31,35-36,40-41H,24-25,28-29H2,1-19H3,(H,53,59)(H,54,62)(H,55,63)/b32-30+/t35-,36-,40-,41-/m1/s1. The van der Waals surface area contributed by atoms with Crippen molar-refractivity contribution in [3.8, 4) is 0 Å². The summed E-state index contributed by atoms with van der Waals surface area (Å²) >= 11 is 0. The molecule has 18 heteroatoms.